The molecule has 19 heavy (non-hydrogen) atoms. The lowest BCUT2D eigenvalue weighted by Crippen LogP contribution is -2.06. The van der Waals surface area contributed by atoms with Crippen molar-refractivity contribution in [1.29, 1.82) is 0 Å². The zero-order chi connectivity index (χ0) is 14.4. The lowest BCUT2D eigenvalue weighted by Gasteiger charge is -2.14. The molecule has 0 fully saturated rings. The van der Waals surface area contributed by atoms with E-state index in [1.54, 1.807) is 0 Å². The van der Waals surface area contributed by atoms with Gasteiger partial charge in [0.25, 0.3) is 0 Å². The summed E-state index contributed by atoms with van der Waals surface area (Å²) in [4.78, 5) is 0. The van der Waals surface area contributed by atoms with Crippen molar-refractivity contribution < 1.29 is 0 Å². The number of allylic oxidation sites excluding steroid dienone is 6. The Morgan fingerprint density at radius 1 is 1.26 bits per heavy atom. The lowest BCUT2D eigenvalue weighted by atomic mass is 9.96. The van der Waals surface area contributed by atoms with Gasteiger partial charge in [0.15, 0.2) is 0 Å². The summed E-state index contributed by atoms with van der Waals surface area (Å²) in [5.41, 5.74) is 6.23. The first-order valence-electron chi connectivity index (χ1n) is 6.49. The molecule has 1 unspecified atom stereocenters. The molecule has 0 saturated heterocycles. The second-order valence-corrected chi connectivity index (χ2v) is 5.62. The molecule has 0 aliphatic heterocycles. The summed E-state index contributed by atoms with van der Waals surface area (Å²) in [7, 11) is 0.786. The molecule has 1 heteroatoms. The van der Waals surface area contributed by atoms with Gasteiger partial charge in [-0.15, -0.1) is 0 Å². The molecule has 0 amide bonds. The van der Waals surface area contributed by atoms with E-state index in [-0.39, 0.29) is 0 Å². The highest BCUT2D eigenvalue weighted by atomic mass is 31.1. The number of benzene rings is 1. The molecular weight excluding hydrogens is 247 g/mol. The standard InChI is InChI=1S/C18H23P/c1-7-9-10-15(8-2)17-12-16(13(3)4)14(5)11-18(17)19-6/h7-12,19H,1,3H2,2,4-6H3/b10-9-,15-8+. The van der Waals surface area contributed by atoms with Crippen molar-refractivity contribution in [3.63, 3.8) is 0 Å². The van der Waals surface area contributed by atoms with E-state index in [0.29, 0.717) is 0 Å². The van der Waals surface area contributed by atoms with Gasteiger partial charge < -0.3 is 0 Å². The van der Waals surface area contributed by atoms with E-state index in [1.807, 2.05) is 12.2 Å². The summed E-state index contributed by atoms with van der Waals surface area (Å²) in [5, 5.41) is 1.41. The Morgan fingerprint density at radius 3 is 2.42 bits per heavy atom. The van der Waals surface area contributed by atoms with E-state index in [2.05, 4.69) is 64.9 Å². The van der Waals surface area contributed by atoms with Crippen LogP contribution in [0.2, 0.25) is 0 Å². The van der Waals surface area contributed by atoms with E-state index in [0.717, 1.165) is 14.2 Å². The summed E-state index contributed by atoms with van der Waals surface area (Å²) in [6.45, 7) is 16.3. The highest BCUT2D eigenvalue weighted by molar-refractivity contribution is 7.46. The number of rotatable bonds is 5. The molecule has 1 rings (SSSR count). The van der Waals surface area contributed by atoms with Crippen molar-refractivity contribution in [2.45, 2.75) is 20.8 Å². The molecule has 1 aromatic rings. The van der Waals surface area contributed by atoms with Gasteiger partial charge in [0, 0.05) is 0 Å². The minimum Gasteiger partial charge on any atom is -0.0991 e. The maximum Gasteiger partial charge on any atom is -0.0107 e. The SMILES string of the molecule is C=C/C=C\C(=C/C)c1cc(C(=C)C)c(C)cc1PC. The van der Waals surface area contributed by atoms with E-state index in [9.17, 15) is 0 Å². The third kappa shape index (κ3) is 3.78. The van der Waals surface area contributed by atoms with E-state index < -0.39 is 0 Å². The highest BCUT2D eigenvalue weighted by Crippen LogP contribution is 2.26. The number of aryl methyl sites for hydroxylation is 1. The molecule has 0 radical (unpaired) electrons. The predicted octanol–water partition coefficient (Wildman–Crippen LogP) is 5.11. The van der Waals surface area contributed by atoms with Gasteiger partial charge in [0.1, 0.15) is 0 Å². The van der Waals surface area contributed by atoms with Crippen molar-refractivity contribution in [2.24, 2.45) is 0 Å². The first kappa shape index (κ1) is 15.7. The summed E-state index contributed by atoms with van der Waals surface area (Å²) in [6, 6.07) is 4.56. The van der Waals surface area contributed by atoms with Gasteiger partial charge in [-0.2, -0.15) is 0 Å². The Bertz CT molecular complexity index is 545. The minimum absolute atomic E-state index is 0.786. The molecule has 0 N–H and O–H groups in total. The molecule has 0 aromatic heterocycles. The molecule has 0 saturated carbocycles. The average Bonchev–Trinajstić information content (AvgIpc) is 2.39. The molecule has 100 valence electrons. The van der Waals surface area contributed by atoms with Crippen LogP contribution in [0.3, 0.4) is 0 Å². The summed E-state index contributed by atoms with van der Waals surface area (Å²) in [6.07, 6.45) is 8.06. The maximum absolute atomic E-state index is 4.08. The third-order valence-corrected chi connectivity index (χ3v) is 4.08. The van der Waals surface area contributed by atoms with Gasteiger partial charge in [-0.05, 0) is 61.1 Å². The molecule has 1 atom stereocenters. The van der Waals surface area contributed by atoms with Crippen LogP contribution in [0.1, 0.15) is 30.5 Å². The van der Waals surface area contributed by atoms with Crippen molar-refractivity contribution in [2.75, 3.05) is 6.66 Å². The molecule has 0 heterocycles. The molecule has 0 nitrogen and oxygen atoms in total. The fourth-order valence-corrected chi connectivity index (χ4v) is 2.97. The maximum atomic E-state index is 4.08. The molecular formula is C18H23P. The van der Waals surface area contributed by atoms with Crippen LogP contribution in [0.5, 0.6) is 0 Å². The van der Waals surface area contributed by atoms with Gasteiger partial charge >= 0.3 is 0 Å². The lowest BCUT2D eigenvalue weighted by molar-refractivity contribution is 1.41. The topological polar surface area (TPSA) is 0 Å². The Balaban J connectivity index is 3.47. The van der Waals surface area contributed by atoms with Gasteiger partial charge in [-0.25, -0.2) is 0 Å². The second kappa shape index (κ2) is 7.26. The zero-order valence-electron chi connectivity index (χ0n) is 12.4. The van der Waals surface area contributed by atoms with Crippen LogP contribution >= 0.6 is 8.58 Å². The fourth-order valence-electron chi connectivity index (χ4n) is 2.13. The quantitative estimate of drug-likeness (QED) is 0.515. The Morgan fingerprint density at radius 2 is 1.95 bits per heavy atom. The zero-order valence-corrected chi connectivity index (χ0v) is 13.4. The summed E-state index contributed by atoms with van der Waals surface area (Å²) < 4.78 is 0. The Labute approximate surface area is 119 Å². The summed E-state index contributed by atoms with van der Waals surface area (Å²) in [5.74, 6) is 0. The third-order valence-electron chi connectivity index (χ3n) is 3.13. The smallest absolute Gasteiger partial charge is 0.0107 e. The van der Waals surface area contributed by atoms with Crippen molar-refractivity contribution >= 4 is 25.0 Å². The van der Waals surface area contributed by atoms with E-state index in [4.69, 9.17) is 0 Å². The molecule has 0 aliphatic rings. The van der Waals surface area contributed by atoms with Gasteiger partial charge in [0.2, 0.25) is 0 Å². The van der Waals surface area contributed by atoms with Crippen LogP contribution in [0, 0.1) is 6.92 Å². The van der Waals surface area contributed by atoms with Crippen LogP contribution in [-0.2, 0) is 0 Å². The van der Waals surface area contributed by atoms with Crippen LogP contribution < -0.4 is 5.30 Å². The molecule has 0 aliphatic carbocycles. The fraction of sp³-hybridized carbons (Fsp3) is 0.222. The number of hydrogen-bond donors (Lipinski definition) is 0. The van der Waals surface area contributed by atoms with Crippen molar-refractivity contribution in [3.8, 4) is 0 Å². The molecule has 0 bridgehead atoms. The van der Waals surface area contributed by atoms with Gasteiger partial charge in [0.05, 0.1) is 0 Å². The van der Waals surface area contributed by atoms with Crippen LogP contribution in [-0.4, -0.2) is 6.66 Å². The van der Waals surface area contributed by atoms with Crippen molar-refractivity contribution in [1.82, 2.24) is 0 Å². The van der Waals surface area contributed by atoms with Gasteiger partial charge in [-0.1, -0.05) is 57.7 Å². The first-order valence-corrected chi connectivity index (χ1v) is 7.99. The van der Waals surface area contributed by atoms with Crippen LogP contribution in [0.4, 0.5) is 0 Å². The second-order valence-electron chi connectivity index (χ2n) is 4.58. The van der Waals surface area contributed by atoms with Crippen molar-refractivity contribution in [3.05, 3.63) is 66.3 Å². The van der Waals surface area contributed by atoms with Gasteiger partial charge in [-0.3, -0.25) is 0 Å². The minimum atomic E-state index is 0.786. The van der Waals surface area contributed by atoms with Crippen LogP contribution in [0.15, 0.2) is 49.6 Å². The predicted molar refractivity (Wildman–Crippen MR) is 92.7 cm³/mol. The molecule has 1 aromatic carbocycles. The monoisotopic (exact) mass is 270 g/mol. The molecule has 0 spiro atoms. The Kier molecular flexibility index (Phi) is 5.99. The largest absolute Gasteiger partial charge is 0.0991 e. The average molecular weight is 270 g/mol. The first-order chi connectivity index (χ1) is 9.04. The van der Waals surface area contributed by atoms with E-state index >= 15 is 0 Å². The van der Waals surface area contributed by atoms with Crippen LogP contribution in [0.25, 0.3) is 11.1 Å². The Hall–Kier alpha value is -1.39. The normalized spacial score (nSPS) is 12.5. The highest BCUT2D eigenvalue weighted by Gasteiger charge is 2.09. The summed E-state index contributed by atoms with van der Waals surface area (Å²) >= 11 is 0. The number of hydrogen-bond acceptors (Lipinski definition) is 0. The van der Waals surface area contributed by atoms with E-state index in [1.165, 1.54) is 27.6 Å².